The van der Waals surface area contributed by atoms with Crippen molar-refractivity contribution >= 4 is 43.1 Å². The molecule has 2 aromatic carbocycles. The number of halogens is 1. The molecule has 2 aromatic rings. The number of carbonyl (C=O) groups excluding carboxylic acids is 2. The van der Waals surface area contributed by atoms with E-state index in [-0.39, 0.29) is 10.7 Å². The normalized spacial score (nSPS) is 11.8. The summed E-state index contributed by atoms with van der Waals surface area (Å²) in [5, 5.41) is 2.57. The predicted octanol–water partition coefficient (Wildman–Crippen LogP) is 3.84. The lowest BCUT2D eigenvalue weighted by Crippen LogP contribution is -2.44. The van der Waals surface area contributed by atoms with Crippen molar-refractivity contribution in [1.82, 2.24) is 0 Å². The maximum atomic E-state index is 12.9. The molecule has 2 rings (SSSR count). The van der Waals surface area contributed by atoms with Crippen LogP contribution in [0.1, 0.15) is 31.1 Å². The van der Waals surface area contributed by atoms with Crippen molar-refractivity contribution in [3.8, 4) is 0 Å². The molecule has 5 nitrogen and oxygen atoms in total. The van der Waals surface area contributed by atoms with Crippen molar-refractivity contribution in [3.05, 3.63) is 58.6 Å². The number of nitrogens with one attached hydrogen (secondary N) is 1. The van der Waals surface area contributed by atoms with Crippen molar-refractivity contribution in [2.75, 3.05) is 5.32 Å². The summed E-state index contributed by atoms with van der Waals surface area (Å²) in [6.45, 7) is 4.07. The first-order chi connectivity index (χ1) is 11.6. The van der Waals surface area contributed by atoms with Crippen LogP contribution in [0.5, 0.6) is 0 Å². The largest absolute Gasteiger partial charge is 0.324 e. The molecule has 0 saturated carbocycles. The minimum Gasteiger partial charge on any atom is -0.324 e. The van der Waals surface area contributed by atoms with Gasteiger partial charge in [-0.05, 0) is 57.2 Å². The second-order valence-corrected chi connectivity index (χ2v) is 9.44. The van der Waals surface area contributed by atoms with E-state index in [1.807, 2.05) is 0 Å². The number of Topliss-reactive ketones (excluding diaryl/α,β-unsaturated/α-hetero) is 1. The SMILES string of the molecule is CC(=O)c1ccccc1NC(=O)C(C)(C)S(=O)(=O)c1ccc(Br)cc1. The van der Waals surface area contributed by atoms with Crippen molar-refractivity contribution < 1.29 is 18.0 Å². The fourth-order valence-corrected chi connectivity index (χ4v) is 3.85. The van der Waals surface area contributed by atoms with E-state index >= 15 is 0 Å². The Morgan fingerprint density at radius 1 is 1.00 bits per heavy atom. The highest BCUT2D eigenvalue weighted by Crippen LogP contribution is 2.28. The van der Waals surface area contributed by atoms with Gasteiger partial charge in [-0.3, -0.25) is 9.59 Å². The summed E-state index contributed by atoms with van der Waals surface area (Å²) in [4.78, 5) is 24.4. The zero-order valence-electron chi connectivity index (χ0n) is 14.0. The number of sulfone groups is 1. The van der Waals surface area contributed by atoms with E-state index in [2.05, 4.69) is 21.2 Å². The van der Waals surface area contributed by atoms with Gasteiger partial charge in [-0.25, -0.2) is 8.42 Å². The Morgan fingerprint density at radius 3 is 2.12 bits per heavy atom. The molecule has 0 bridgehead atoms. The van der Waals surface area contributed by atoms with Crippen LogP contribution in [-0.2, 0) is 14.6 Å². The minimum atomic E-state index is -3.93. The zero-order chi connectivity index (χ0) is 18.8. The topological polar surface area (TPSA) is 80.3 Å². The van der Waals surface area contributed by atoms with Gasteiger partial charge < -0.3 is 5.32 Å². The zero-order valence-corrected chi connectivity index (χ0v) is 16.4. The van der Waals surface area contributed by atoms with Gasteiger partial charge in [-0.1, -0.05) is 28.1 Å². The number of ketones is 1. The first-order valence-electron chi connectivity index (χ1n) is 7.49. The Labute approximate surface area is 155 Å². The summed E-state index contributed by atoms with van der Waals surface area (Å²) >= 11 is 3.25. The minimum absolute atomic E-state index is 0.0516. The molecule has 0 saturated heterocycles. The number of hydrogen-bond donors (Lipinski definition) is 1. The van der Waals surface area contributed by atoms with Crippen LogP contribution in [0, 0.1) is 0 Å². The fraction of sp³-hybridized carbons (Fsp3) is 0.222. The van der Waals surface area contributed by atoms with E-state index in [4.69, 9.17) is 0 Å². The highest BCUT2D eigenvalue weighted by Gasteiger charge is 2.43. The van der Waals surface area contributed by atoms with Crippen molar-refractivity contribution in [2.24, 2.45) is 0 Å². The molecule has 132 valence electrons. The van der Waals surface area contributed by atoms with Gasteiger partial charge in [0.2, 0.25) is 5.91 Å². The van der Waals surface area contributed by atoms with Crippen LogP contribution in [0.3, 0.4) is 0 Å². The van der Waals surface area contributed by atoms with Crippen LogP contribution in [0.4, 0.5) is 5.69 Å². The molecule has 25 heavy (non-hydrogen) atoms. The summed E-state index contributed by atoms with van der Waals surface area (Å²) in [6.07, 6.45) is 0. The van der Waals surface area contributed by atoms with E-state index < -0.39 is 20.5 Å². The van der Waals surface area contributed by atoms with Gasteiger partial charge in [-0.15, -0.1) is 0 Å². The van der Waals surface area contributed by atoms with Gasteiger partial charge >= 0.3 is 0 Å². The molecule has 0 aromatic heterocycles. The molecule has 0 radical (unpaired) electrons. The molecule has 0 heterocycles. The molecular formula is C18H18BrNO4S. The quantitative estimate of drug-likeness (QED) is 0.740. The number of hydrogen-bond acceptors (Lipinski definition) is 4. The van der Waals surface area contributed by atoms with Gasteiger partial charge in [-0.2, -0.15) is 0 Å². The van der Waals surface area contributed by atoms with Crippen molar-refractivity contribution in [3.63, 3.8) is 0 Å². The third kappa shape index (κ3) is 3.82. The second kappa shape index (κ2) is 7.09. The third-order valence-electron chi connectivity index (χ3n) is 3.90. The Balaban J connectivity index is 2.37. The average Bonchev–Trinajstić information content (AvgIpc) is 2.55. The number of amides is 1. The van der Waals surface area contributed by atoms with Gasteiger partial charge in [0.1, 0.15) is 4.75 Å². The van der Waals surface area contributed by atoms with Crippen LogP contribution >= 0.6 is 15.9 Å². The Kier molecular flexibility index (Phi) is 5.49. The Morgan fingerprint density at radius 2 is 1.56 bits per heavy atom. The lowest BCUT2D eigenvalue weighted by Gasteiger charge is -2.24. The summed E-state index contributed by atoms with van der Waals surface area (Å²) in [5.74, 6) is -0.923. The smallest absolute Gasteiger partial charge is 0.245 e. The van der Waals surface area contributed by atoms with E-state index in [0.717, 1.165) is 4.47 Å². The fourth-order valence-electron chi connectivity index (χ4n) is 2.20. The van der Waals surface area contributed by atoms with E-state index in [1.54, 1.807) is 36.4 Å². The van der Waals surface area contributed by atoms with Crippen LogP contribution in [0.25, 0.3) is 0 Å². The summed E-state index contributed by atoms with van der Waals surface area (Å²) in [7, 11) is -3.93. The standard InChI is InChI=1S/C18H18BrNO4S/c1-12(21)15-6-4-5-7-16(15)20-17(22)18(2,3)25(23,24)14-10-8-13(19)9-11-14/h4-11H,1-3H3,(H,20,22). The Bertz CT molecular complexity index is 918. The molecule has 0 spiro atoms. The average molecular weight is 424 g/mol. The molecule has 0 fully saturated rings. The van der Waals surface area contributed by atoms with Crippen LogP contribution in [0.2, 0.25) is 0 Å². The number of benzene rings is 2. The molecular weight excluding hydrogens is 406 g/mol. The maximum Gasteiger partial charge on any atom is 0.245 e. The number of para-hydroxylation sites is 1. The maximum absolute atomic E-state index is 12.9. The number of rotatable bonds is 5. The lowest BCUT2D eigenvalue weighted by atomic mass is 10.1. The first-order valence-corrected chi connectivity index (χ1v) is 9.76. The van der Waals surface area contributed by atoms with E-state index in [0.29, 0.717) is 11.3 Å². The van der Waals surface area contributed by atoms with Crippen LogP contribution < -0.4 is 5.32 Å². The molecule has 0 aliphatic carbocycles. The summed E-state index contributed by atoms with van der Waals surface area (Å²) < 4.78 is 24.8. The van der Waals surface area contributed by atoms with E-state index in [1.165, 1.54) is 32.9 Å². The van der Waals surface area contributed by atoms with E-state index in [9.17, 15) is 18.0 Å². The molecule has 0 aliphatic rings. The molecule has 7 heteroatoms. The van der Waals surface area contributed by atoms with Crippen molar-refractivity contribution in [2.45, 2.75) is 30.4 Å². The summed E-state index contributed by atoms with van der Waals surface area (Å²) in [6, 6.07) is 12.6. The predicted molar refractivity (Wildman–Crippen MR) is 100 cm³/mol. The van der Waals surface area contributed by atoms with Gasteiger partial charge in [0.25, 0.3) is 0 Å². The Hall–Kier alpha value is -1.99. The van der Waals surface area contributed by atoms with Crippen LogP contribution in [0.15, 0.2) is 57.9 Å². The summed E-state index contributed by atoms with van der Waals surface area (Å²) in [5.41, 5.74) is 0.617. The lowest BCUT2D eigenvalue weighted by molar-refractivity contribution is -0.117. The molecule has 0 aliphatic heterocycles. The highest BCUT2D eigenvalue weighted by atomic mass is 79.9. The first kappa shape index (κ1) is 19.3. The van der Waals surface area contributed by atoms with Crippen LogP contribution in [-0.4, -0.2) is 24.9 Å². The van der Waals surface area contributed by atoms with Gasteiger partial charge in [0, 0.05) is 10.0 Å². The van der Waals surface area contributed by atoms with Gasteiger partial charge in [0.05, 0.1) is 10.6 Å². The molecule has 0 atom stereocenters. The number of anilines is 1. The second-order valence-electron chi connectivity index (χ2n) is 6.02. The molecule has 0 unspecified atom stereocenters. The van der Waals surface area contributed by atoms with Crippen molar-refractivity contribution in [1.29, 1.82) is 0 Å². The monoisotopic (exact) mass is 423 g/mol. The molecule has 1 amide bonds. The molecule has 1 N–H and O–H groups in total. The third-order valence-corrected chi connectivity index (χ3v) is 6.85. The highest BCUT2D eigenvalue weighted by molar-refractivity contribution is 9.10. The number of carbonyl (C=O) groups is 2. The van der Waals surface area contributed by atoms with Gasteiger partial charge in [0.15, 0.2) is 15.6 Å².